The number of phenolic OH excluding ortho intramolecular Hbond substituents is 1. The summed E-state index contributed by atoms with van der Waals surface area (Å²) in [6, 6.07) is 4.49. The molecule has 2 N–H and O–H groups in total. The second kappa shape index (κ2) is 7.25. The Hall–Kier alpha value is -1.60. The Morgan fingerprint density at radius 3 is 2.40 bits per heavy atom. The molecule has 1 aromatic carbocycles. The summed E-state index contributed by atoms with van der Waals surface area (Å²) in [7, 11) is 3.67. The zero-order chi connectivity index (χ0) is 15.3. The highest BCUT2D eigenvalue weighted by molar-refractivity contribution is 9.10. The van der Waals surface area contributed by atoms with Gasteiger partial charge in [0.1, 0.15) is 12.3 Å². The average molecular weight is 345 g/mol. The van der Waals surface area contributed by atoms with Crippen LogP contribution >= 0.6 is 15.9 Å². The molecule has 0 radical (unpaired) electrons. The fourth-order valence-electron chi connectivity index (χ4n) is 1.59. The highest BCUT2D eigenvalue weighted by Gasteiger charge is 2.21. The van der Waals surface area contributed by atoms with Crippen LogP contribution in [-0.2, 0) is 4.79 Å². The van der Waals surface area contributed by atoms with Gasteiger partial charge in [-0.1, -0.05) is 15.9 Å². The van der Waals surface area contributed by atoms with Gasteiger partial charge in [0.05, 0.1) is 5.56 Å². The monoisotopic (exact) mass is 344 g/mol. The summed E-state index contributed by atoms with van der Waals surface area (Å²) in [5.74, 6) is -1.77. The van der Waals surface area contributed by atoms with Crippen LogP contribution in [0.1, 0.15) is 10.4 Å². The maximum atomic E-state index is 12.3. The van der Waals surface area contributed by atoms with Gasteiger partial charge in [-0.25, -0.2) is 0 Å². The van der Waals surface area contributed by atoms with Gasteiger partial charge in [0.2, 0.25) is 0 Å². The number of carbonyl (C=O) groups excluding carboxylic acids is 1. The van der Waals surface area contributed by atoms with E-state index in [0.717, 1.165) is 0 Å². The molecule has 1 aromatic rings. The van der Waals surface area contributed by atoms with Crippen molar-refractivity contribution in [3.8, 4) is 5.75 Å². The number of hydrogen-bond donors (Lipinski definition) is 2. The van der Waals surface area contributed by atoms with E-state index in [1.165, 1.54) is 17.0 Å². The van der Waals surface area contributed by atoms with Gasteiger partial charge in [0.15, 0.2) is 0 Å². The number of aromatic hydroxyl groups is 1. The van der Waals surface area contributed by atoms with Gasteiger partial charge >= 0.3 is 5.97 Å². The SMILES string of the molecule is CN(C)CCN(CC(=O)O)C(=O)c1ccc(Br)cc1O. The Morgan fingerprint density at radius 1 is 1.25 bits per heavy atom. The maximum Gasteiger partial charge on any atom is 0.323 e. The molecule has 7 heteroatoms. The number of carboxylic acids is 1. The van der Waals surface area contributed by atoms with Crippen molar-refractivity contribution in [2.75, 3.05) is 33.7 Å². The van der Waals surface area contributed by atoms with Crippen molar-refractivity contribution in [2.24, 2.45) is 0 Å². The van der Waals surface area contributed by atoms with Gasteiger partial charge in [-0.3, -0.25) is 9.59 Å². The van der Waals surface area contributed by atoms with Crippen molar-refractivity contribution in [3.63, 3.8) is 0 Å². The molecule has 110 valence electrons. The number of likely N-dealkylation sites (N-methyl/N-ethyl adjacent to an activating group) is 1. The van der Waals surface area contributed by atoms with Crippen molar-refractivity contribution >= 4 is 27.8 Å². The Balaban J connectivity index is 2.93. The molecule has 0 unspecified atom stereocenters. The van der Waals surface area contributed by atoms with Gasteiger partial charge in [-0.15, -0.1) is 0 Å². The summed E-state index contributed by atoms with van der Waals surface area (Å²) in [6.45, 7) is 0.409. The van der Waals surface area contributed by atoms with E-state index in [1.807, 2.05) is 19.0 Å². The van der Waals surface area contributed by atoms with Crippen LogP contribution in [0, 0.1) is 0 Å². The first-order valence-corrected chi connectivity index (χ1v) is 6.75. The lowest BCUT2D eigenvalue weighted by atomic mass is 10.1. The zero-order valence-corrected chi connectivity index (χ0v) is 12.9. The number of amides is 1. The first-order chi connectivity index (χ1) is 9.31. The van der Waals surface area contributed by atoms with E-state index in [4.69, 9.17) is 5.11 Å². The maximum absolute atomic E-state index is 12.3. The molecule has 0 atom stereocenters. The van der Waals surface area contributed by atoms with Crippen molar-refractivity contribution in [1.82, 2.24) is 9.80 Å². The molecule has 6 nitrogen and oxygen atoms in total. The Kier molecular flexibility index (Phi) is 5.97. The minimum absolute atomic E-state index is 0.0909. The molecule has 1 rings (SSSR count). The van der Waals surface area contributed by atoms with E-state index in [2.05, 4.69) is 15.9 Å². The van der Waals surface area contributed by atoms with Gasteiger partial charge in [0, 0.05) is 17.6 Å². The van der Waals surface area contributed by atoms with Crippen LogP contribution in [0.15, 0.2) is 22.7 Å². The number of benzene rings is 1. The van der Waals surface area contributed by atoms with Crippen molar-refractivity contribution in [1.29, 1.82) is 0 Å². The zero-order valence-electron chi connectivity index (χ0n) is 11.3. The summed E-state index contributed by atoms with van der Waals surface area (Å²) in [4.78, 5) is 26.2. The first kappa shape index (κ1) is 16.5. The topological polar surface area (TPSA) is 81.1 Å². The highest BCUT2D eigenvalue weighted by atomic mass is 79.9. The fraction of sp³-hybridized carbons (Fsp3) is 0.385. The smallest absolute Gasteiger partial charge is 0.323 e. The quantitative estimate of drug-likeness (QED) is 0.811. The van der Waals surface area contributed by atoms with Gasteiger partial charge in [-0.05, 0) is 32.3 Å². The third kappa shape index (κ3) is 4.82. The number of nitrogens with zero attached hydrogens (tertiary/aromatic N) is 2. The summed E-state index contributed by atoms with van der Waals surface area (Å²) in [6.07, 6.45) is 0. The van der Waals surface area contributed by atoms with E-state index in [-0.39, 0.29) is 17.9 Å². The third-order valence-corrected chi connectivity index (χ3v) is 3.11. The molecule has 0 saturated carbocycles. The normalized spacial score (nSPS) is 10.6. The highest BCUT2D eigenvalue weighted by Crippen LogP contribution is 2.23. The summed E-state index contributed by atoms with van der Waals surface area (Å²) < 4.78 is 0.643. The second-order valence-electron chi connectivity index (χ2n) is 4.59. The van der Waals surface area contributed by atoms with Crippen molar-refractivity contribution in [2.45, 2.75) is 0 Å². The van der Waals surface area contributed by atoms with Crippen LogP contribution in [0.25, 0.3) is 0 Å². The number of aliphatic carboxylic acids is 1. The lowest BCUT2D eigenvalue weighted by Crippen LogP contribution is -2.40. The number of carboxylic acid groups (broad SMARTS) is 1. The molecular weight excluding hydrogens is 328 g/mol. The first-order valence-electron chi connectivity index (χ1n) is 5.95. The van der Waals surface area contributed by atoms with Crippen LogP contribution in [0.5, 0.6) is 5.75 Å². The third-order valence-electron chi connectivity index (χ3n) is 2.62. The lowest BCUT2D eigenvalue weighted by Gasteiger charge is -2.23. The van der Waals surface area contributed by atoms with E-state index in [9.17, 15) is 14.7 Å². The minimum Gasteiger partial charge on any atom is -0.507 e. The predicted molar refractivity (Wildman–Crippen MR) is 77.9 cm³/mol. The number of halogens is 1. The Bertz CT molecular complexity index is 505. The minimum atomic E-state index is -1.09. The Morgan fingerprint density at radius 2 is 1.90 bits per heavy atom. The van der Waals surface area contributed by atoms with Crippen LogP contribution in [0.3, 0.4) is 0 Å². The molecule has 0 heterocycles. The van der Waals surface area contributed by atoms with Gasteiger partial charge in [-0.2, -0.15) is 0 Å². The van der Waals surface area contributed by atoms with E-state index >= 15 is 0 Å². The van der Waals surface area contributed by atoms with Crippen molar-refractivity contribution in [3.05, 3.63) is 28.2 Å². The molecule has 0 aromatic heterocycles. The molecule has 0 aliphatic rings. The van der Waals surface area contributed by atoms with E-state index < -0.39 is 18.4 Å². The molecule has 1 amide bonds. The molecule has 0 saturated heterocycles. The molecular formula is C13H17BrN2O4. The standard InChI is InChI=1S/C13H17BrN2O4/c1-15(2)5-6-16(8-12(18)19)13(20)10-4-3-9(14)7-11(10)17/h3-4,7,17H,5-6,8H2,1-2H3,(H,18,19). The van der Waals surface area contributed by atoms with Crippen LogP contribution in [0.2, 0.25) is 0 Å². The molecule has 20 heavy (non-hydrogen) atoms. The summed E-state index contributed by atoms with van der Waals surface area (Å²) in [5, 5.41) is 18.7. The van der Waals surface area contributed by atoms with Crippen LogP contribution in [-0.4, -0.2) is 65.6 Å². The lowest BCUT2D eigenvalue weighted by molar-refractivity contribution is -0.137. The molecule has 0 bridgehead atoms. The molecule has 0 aliphatic heterocycles. The summed E-state index contributed by atoms with van der Waals surface area (Å²) >= 11 is 3.19. The largest absolute Gasteiger partial charge is 0.507 e. The van der Waals surface area contributed by atoms with Gasteiger partial charge in [0.25, 0.3) is 5.91 Å². The van der Waals surface area contributed by atoms with Crippen LogP contribution < -0.4 is 0 Å². The number of carbonyl (C=O) groups is 2. The number of phenols is 1. The average Bonchev–Trinajstić information content (AvgIpc) is 2.33. The van der Waals surface area contributed by atoms with Crippen molar-refractivity contribution < 1.29 is 19.8 Å². The number of hydrogen-bond acceptors (Lipinski definition) is 4. The van der Waals surface area contributed by atoms with Crippen LogP contribution in [0.4, 0.5) is 0 Å². The Labute approximate surface area is 125 Å². The predicted octanol–water partition coefficient (Wildman–Crippen LogP) is 1.24. The molecule has 0 aliphatic carbocycles. The van der Waals surface area contributed by atoms with E-state index in [1.54, 1.807) is 6.07 Å². The molecule has 0 spiro atoms. The fourth-order valence-corrected chi connectivity index (χ4v) is 1.94. The van der Waals surface area contributed by atoms with E-state index in [0.29, 0.717) is 11.0 Å². The van der Waals surface area contributed by atoms with Gasteiger partial charge < -0.3 is 20.0 Å². The number of rotatable bonds is 6. The second-order valence-corrected chi connectivity index (χ2v) is 5.50. The summed E-state index contributed by atoms with van der Waals surface area (Å²) in [5.41, 5.74) is 0.0909. The molecule has 0 fully saturated rings.